The third kappa shape index (κ3) is 6.26. The van der Waals surface area contributed by atoms with E-state index >= 15 is 0 Å². The van der Waals surface area contributed by atoms with Crippen LogP contribution in [0.2, 0.25) is 0 Å². The van der Waals surface area contributed by atoms with E-state index in [2.05, 4.69) is 10.2 Å². The van der Waals surface area contributed by atoms with Crippen molar-refractivity contribution in [2.75, 3.05) is 72.7 Å². The van der Waals surface area contributed by atoms with Gasteiger partial charge in [-0.05, 0) is 17.9 Å². The van der Waals surface area contributed by atoms with Crippen molar-refractivity contribution < 1.29 is 23.9 Å². The molecule has 3 rings (SSSR count). The van der Waals surface area contributed by atoms with Crippen LogP contribution >= 0.6 is 11.3 Å². The molecule has 0 aliphatic carbocycles. The first kappa shape index (κ1) is 24.6. The standard InChI is InChI=1S/C21H33N5O5S/c1-30-15-19(27)26-14-16(13-17(26)20(28)23-5-4-22)25(21(29)18-3-2-12-32-18)7-6-24-8-10-31-11-9-24/h2-3,12,16-17H,4-11,13-15,22H2,1H3,(H,23,28). The highest BCUT2D eigenvalue weighted by molar-refractivity contribution is 7.12. The number of thiophene rings is 1. The number of nitrogens with two attached hydrogens (primary N) is 1. The number of methoxy groups -OCH3 is 1. The molecule has 3 heterocycles. The van der Waals surface area contributed by atoms with Gasteiger partial charge in [0.25, 0.3) is 5.91 Å². The van der Waals surface area contributed by atoms with Gasteiger partial charge in [-0.1, -0.05) is 6.07 Å². The van der Waals surface area contributed by atoms with Crippen LogP contribution < -0.4 is 11.1 Å². The first-order chi connectivity index (χ1) is 15.5. The molecule has 1 aromatic rings. The first-order valence-corrected chi connectivity index (χ1v) is 11.8. The van der Waals surface area contributed by atoms with Gasteiger partial charge in [0.2, 0.25) is 11.8 Å². The van der Waals surface area contributed by atoms with Gasteiger partial charge in [-0.25, -0.2) is 0 Å². The van der Waals surface area contributed by atoms with Gasteiger partial charge in [-0.15, -0.1) is 11.3 Å². The molecule has 1 aromatic heterocycles. The Balaban J connectivity index is 1.77. The molecule has 10 nitrogen and oxygen atoms in total. The van der Waals surface area contributed by atoms with Crippen LogP contribution in [0.4, 0.5) is 0 Å². The van der Waals surface area contributed by atoms with Gasteiger partial charge in [-0.3, -0.25) is 19.3 Å². The number of carbonyl (C=O) groups is 3. The highest BCUT2D eigenvalue weighted by atomic mass is 32.1. The number of nitrogens with zero attached hydrogens (tertiary/aromatic N) is 3. The van der Waals surface area contributed by atoms with Gasteiger partial charge in [0.1, 0.15) is 12.6 Å². The van der Waals surface area contributed by atoms with Gasteiger partial charge in [0, 0.05) is 52.9 Å². The summed E-state index contributed by atoms with van der Waals surface area (Å²) in [6.45, 7) is 5.09. The van der Waals surface area contributed by atoms with E-state index in [0.29, 0.717) is 57.2 Å². The van der Waals surface area contributed by atoms with Crippen LogP contribution in [0.5, 0.6) is 0 Å². The zero-order valence-electron chi connectivity index (χ0n) is 18.5. The monoisotopic (exact) mass is 467 g/mol. The predicted molar refractivity (Wildman–Crippen MR) is 120 cm³/mol. The van der Waals surface area contributed by atoms with Gasteiger partial charge < -0.3 is 30.3 Å². The van der Waals surface area contributed by atoms with Crippen molar-refractivity contribution in [1.82, 2.24) is 20.0 Å². The maximum Gasteiger partial charge on any atom is 0.264 e. The fourth-order valence-corrected chi connectivity index (χ4v) is 4.83. The Bertz CT molecular complexity index is 756. The molecular formula is C21H33N5O5S. The lowest BCUT2D eigenvalue weighted by molar-refractivity contribution is -0.141. The number of ether oxygens (including phenoxy) is 2. The molecule has 2 saturated heterocycles. The highest BCUT2D eigenvalue weighted by Crippen LogP contribution is 2.25. The van der Waals surface area contributed by atoms with E-state index in [0.717, 1.165) is 13.1 Å². The van der Waals surface area contributed by atoms with Gasteiger partial charge in [0.05, 0.1) is 24.1 Å². The molecule has 2 aliphatic rings. The Morgan fingerprint density at radius 2 is 2.12 bits per heavy atom. The maximum atomic E-state index is 13.4. The number of amides is 3. The molecule has 2 unspecified atom stereocenters. The lowest BCUT2D eigenvalue weighted by atomic mass is 10.1. The van der Waals surface area contributed by atoms with Crippen LogP contribution in [0.3, 0.4) is 0 Å². The van der Waals surface area contributed by atoms with Crippen LogP contribution in [0, 0.1) is 0 Å². The quantitative estimate of drug-likeness (QED) is 0.463. The summed E-state index contributed by atoms with van der Waals surface area (Å²) >= 11 is 1.39. The minimum absolute atomic E-state index is 0.0691. The molecule has 0 bridgehead atoms. The maximum absolute atomic E-state index is 13.4. The summed E-state index contributed by atoms with van der Waals surface area (Å²) in [6, 6.07) is 2.74. The van der Waals surface area contributed by atoms with E-state index in [1.165, 1.54) is 23.3 Å². The van der Waals surface area contributed by atoms with Crippen molar-refractivity contribution in [3.8, 4) is 0 Å². The van der Waals surface area contributed by atoms with E-state index < -0.39 is 6.04 Å². The van der Waals surface area contributed by atoms with E-state index in [9.17, 15) is 14.4 Å². The smallest absolute Gasteiger partial charge is 0.264 e. The summed E-state index contributed by atoms with van der Waals surface area (Å²) < 4.78 is 10.4. The largest absolute Gasteiger partial charge is 0.379 e. The van der Waals surface area contributed by atoms with E-state index in [4.69, 9.17) is 15.2 Å². The average molecular weight is 468 g/mol. The van der Waals surface area contributed by atoms with Crippen LogP contribution in [0.15, 0.2) is 17.5 Å². The first-order valence-electron chi connectivity index (χ1n) is 11.0. The van der Waals surface area contributed by atoms with Crippen molar-refractivity contribution >= 4 is 29.1 Å². The molecular weight excluding hydrogens is 434 g/mol. The molecule has 32 heavy (non-hydrogen) atoms. The summed E-state index contributed by atoms with van der Waals surface area (Å²) in [5.41, 5.74) is 5.52. The lowest BCUT2D eigenvalue weighted by Gasteiger charge is -2.33. The van der Waals surface area contributed by atoms with Crippen LogP contribution in [-0.4, -0.2) is 117 Å². The summed E-state index contributed by atoms with van der Waals surface area (Å²) in [5, 5.41) is 4.65. The molecule has 178 valence electrons. The molecule has 0 saturated carbocycles. The summed E-state index contributed by atoms with van der Waals surface area (Å²) in [4.78, 5) is 45.1. The third-order valence-corrected chi connectivity index (χ3v) is 6.67. The number of hydrogen-bond acceptors (Lipinski definition) is 8. The molecule has 3 N–H and O–H groups in total. The van der Waals surface area contributed by atoms with E-state index in [1.54, 1.807) is 0 Å². The topological polar surface area (TPSA) is 117 Å². The molecule has 2 aliphatic heterocycles. The fraction of sp³-hybridized carbons (Fsp3) is 0.667. The second-order valence-corrected chi connectivity index (χ2v) is 8.84. The van der Waals surface area contributed by atoms with Crippen LogP contribution in [-0.2, 0) is 19.1 Å². The number of morpholine rings is 1. The van der Waals surface area contributed by atoms with Crippen molar-refractivity contribution in [2.45, 2.75) is 18.5 Å². The second-order valence-electron chi connectivity index (χ2n) is 7.89. The zero-order valence-corrected chi connectivity index (χ0v) is 19.3. The van der Waals surface area contributed by atoms with Crippen LogP contribution in [0.25, 0.3) is 0 Å². The van der Waals surface area contributed by atoms with Crippen molar-refractivity contribution in [1.29, 1.82) is 0 Å². The minimum atomic E-state index is -0.656. The van der Waals surface area contributed by atoms with Crippen molar-refractivity contribution in [3.05, 3.63) is 22.4 Å². The van der Waals surface area contributed by atoms with Crippen LogP contribution in [0.1, 0.15) is 16.1 Å². The molecule has 0 spiro atoms. The number of hydrogen-bond donors (Lipinski definition) is 2. The molecule has 0 aromatic carbocycles. The Morgan fingerprint density at radius 1 is 1.34 bits per heavy atom. The van der Waals surface area contributed by atoms with E-state index in [-0.39, 0.29) is 30.4 Å². The SMILES string of the molecule is COCC(=O)N1CC(N(CCN2CCOCC2)C(=O)c2cccs2)CC1C(=O)NCCN. The average Bonchev–Trinajstić information content (AvgIpc) is 3.49. The van der Waals surface area contributed by atoms with E-state index in [1.807, 2.05) is 22.4 Å². The second kappa shape index (κ2) is 12.3. The Morgan fingerprint density at radius 3 is 2.78 bits per heavy atom. The van der Waals surface area contributed by atoms with Gasteiger partial charge >= 0.3 is 0 Å². The van der Waals surface area contributed by atoms with Gasteiger partial charge in [0.15, 0.2) is 0 Å². The molecule has 11 heteroatoms. The molecule has 2 fully saturated rings. The molecule has 3 amide bonds. The molecule has 2 atom stereocenters. The summed E-state index contributed by atoms with van der Waals surface area (Å²) in [6.07, 6.45) is 0.381. The minimum Gasteiger partial charge on any atom is -0.379 e. The summed E-state index contributed by atoms with van der Waals surface area (Å²) in [7, 11) is 1.45. The predicted octanol–water partition coefficient (Wildman–Crippen LogP) is -0.787. The normalized spacial score (nSPS) is 21.5. The number of carbonyl (C=O) groups excluding carboxylic acids is 3. The number of nitrogens with one attached hydrogen (secondary N) is 1. The Labute approximate surface area is 192 Å². The van der Waals surface area contributed by atoms with Crippen molar-refractivity contribution in [2.24, 2.45) is 5.73 Å². The lowest BCUT2D eigenvalue weighted by Crippen LogP contribution is -2.48. The third-order valence-electron chi connectivity index (χ3n) is 5.81. The van der Waals surface area contributed by atoms with Gasteiger partial charge in [-0.2, -0.15) is 0 Å². The Kier molecular flexibility index (Phi) is 9.42. The number of likely N-dealkylation sites (tertiary alicyclic amines) is 1. The van der Waals surface area contributed by atoms with Crippen molar-refractivity contribution in [3.63, 3.8) is 0 Å². The highest BCUT2D eigenvalue weighted by Gasteiger charge is 2.43. The molecule has 0 radical (unpaired) electrons. The summed E-state index contributed by atoms with van der Waals surface area (Å²) in [5.74, 6) is -0.584. The fourth-order valence-electron chi connectivity index (χ4n) is 4.15. The number of rotatable bonds is 10. The Hall–Kier alpha value is -2.05. The zero-order chi connectivity index (χ0) is 22.9.